The lowest BCUT2D eigenvalue weighted by molar-refractivity contribution is 0.349. The van der Waals surface area contributed by atoms with Gasteiger partial charge in [-0.2, -0.15) is 4.80 Å². The standard InChI is InChI=1S/C24H27N5O2/c1-4-29-27-24(26-28-29)16-11-9-15(10-12-16)23-19-14-22(31-3)21(30-2)13-18(19)17-7-5-6-8-20(17)25-23/h9-14,17,20H,4-8H2,1-3H3/t17-,20-/m0/s1. The zero-order valence-corrected chi connectivity index (χ0v) is 18.2. The van der Waals surface area contributed by atoms with Gasteiger partial charge >= 0.3 is 0 Å². The van der Waals surface area contributed by atoms with E-state index < -0.39 is 0 Å². The van der Waals surface area contributed by atoms with Crippen LogP contribution in [0.1, 0.15) is 55.2 Å². The maximum Gasteiger partial charge on any atom is 0.204 e. The number of methoxy groups -OCH3 is 2. The smallest absolute Gasteiger partial charge is 0.204 e. The first-order chi connectivity index (χ1) is 15.2. The number of aromatic nitrogens is 4. The second-order valence-electron chi connectivity index (χ2n) is 8.11. The molecule has 3 aromatic rings. The van der Waals surface area contributed by atoms with Crippen molar-refractivity contribution in [1.29, 1.82) is 0 Å². The molecule has 1 aliphatic carbocycles. The molecule has 1 aliphatic heterocycles. The van der Waals surface area contributed by atoms with Crippen LogP contribution in [0.4, 0.5) is 0 Å². The summed E-state index contributed by atoms with van der Waals surface area (Å²) in [5.41, 5.74) is 5.52. The number of nitrogens with zero attached hydrogens (tertiary/aromatic N) is 5. The van der Waals surface area contributed by atoms with Crippen LogP contribution in [-0.4, -0.2) is 46.2 Å². The van der Waals surface area contributed by atoms with Crippen molar-refractivity contribution in [3.8, 4) is 22.9 Å². The molecule has 0 spiro atoms. The van der Waals surface area contributed by atoms with E-state index in [9.17, 15) is 0 Å². The minimum Gasteiger partial charge on any atom is -0.493 e. The second kappa shape index (κ2) is 8.13. The number of fused-ring (bicyclic) bond motifs is 3. The molecule has 2 aromatic carbocycles. The first kappa shape index (κ1) is 19.7. The number of ether oxygens (including phenoxy) is 2. The molecular weight excluding hydrogens is 390 g/mol. The Hall–Kier alpha value is -3.22. The molecule has 7 nitrogen and oxygen atoms in total. The fraction of sp³-hybridized carbons (Fsp3) is 0.417. The van der Waals surface area contributed by atoms with E-state index in [1.165, 1.54) is 24.8 Å². The van der Waals surface area contributed by atoms with E-state index in [0.717, 1.165) is 40.3 Å². The van der Waals surface area contributed by atoms with Gasteiger partial charge in [0, 0.05) is 22.6 Å². The highest BCUT2D eigenvalue weighted by Crippen LogP contribution is 2.44. The summed E-state index contributed by atoms with van der Waals surface area (Å²) < 4.78 is 11.2. The third-order valence-electron chi connectivity index (χ3n) is 6.39. The van der Waals surface area contributed by atoms with Crippen molar-refractivity contribution < 1.29 is 9.47 Å². The van der Waals surface area contributed by atoms with Crippen LogP contribution >= 0.6 is 0 Å². The Morgan fingerprint density at radius 3 is 2.39 bits per heavy atom. The molecule has 5 rings (SSSR count). The summed E-state index contributed by atoms with van der Waals surface area (Å²) in [4.78, 5) is 6.83. The summed E-state index contributed by atoms with van der Waals surface area (Å²) in [5, 5.41) is 12.6. The highest BCUT2D eigenvalue weighted by atomic mass is 16.5. The molecule has 2 heterocycles. The Morgan fingerprint density at radius 1 is 0.968 bits per heavy atom. The van der Waals surface area contributed by atoms with E-state index in [1.807, 2.05) is 19.1 Å². The molecule has 7 heteroatoms. The molecule has 0 bridgehead atoms. The van der Waals surface area contributed by atoms with Crippen molar-refractivity contribution in [2.24, 2.45) is 4.99 Å². The van der Waals surface area contributed by atoms with Gasteiger partial charge in [-0.1, -0.05) is 37.1 Å². The first-order valence-electron chi connectivity index (χ1n) is 10.9. The number of rotatable bonds is 5. The Morgan fingerprint density at radius 2 is 1.68 bits per heavy atom. The topological polar surface area (TPSA) is 74.4 Å². The van der Waals surface area contributed by atoms with Crippen LogP contribution in [0, 0.1) is 0 Å². The lowest BCUT2D eigenvalue weighted by atomic mass is 9.75. The van der Waals surface area contributed by atoms with Gasteiger partial charge in [0.2, 0.25) is 5.82 Å². The average molecular weight is 418 g/mol. The van der Waals surface area contributed by atoms with Crippen molar-refractivity contribution in [2.75, 3.05) is 14.2 Å². The monoisotopic (exact) mass is 417 g/mol. The maximum atomic E-state index is 5.61. The summed E-state index contributed by atoms with van der Waals surface area (Å²) in [6, 6.07) is 12.9. The average Bonchev–Trinajstić information content (AvgIpc) is 3.32. The Kier molecular flexibility index (Phi) is 5.18. The van der Waals surface area contributed by atoms with Gasteiger partial charge in [-0.3, -0.25) is 4.99 Å². The van der Waals surface area contributed by atoms with Crippen molar-refractivity contribution in [3.05, 3.63) is 53.1 Å². The number of aliphatic imine (C=N–C) groups is 1. The lowest BCUT2D eigenvalue weighted by Gasteiger charge is -2.35. The number of hydrogen-bond acceptors (Lipinski definition) is 6. The van der Waals surface area contributed by atoms with E-state index >= 15 is 0 Å². The van der Waals surface area contributed by atoms with Gasteiger partial charge in [-0.25, -0.2) is 0 Å². The lowest BCUT2D eigenvalue weighted by Crippen LogP contribution is -2.29. The van der Waals surface area contributed by atoms with Crippen molar-refractivity contribution in [3.63, 3.8) is 0 Å². The van der Waals surface area contributed by atoms with Crippen LogP contribution in [0.2, 0.25) is 0 Å². The fourth-order valence-electron chi connectivity index (χ4n) is 4.77. The van der Waals surface area contributed by atoms with Gasteiger partial charge in [0.15, 0.2) is 11.5 Å². The highest BCUT2D eigenvalue weighted by Gasteiger charge is 2.34. The SMILES string of the molecule is CCn1nnc(-c2ccc(C3=N[C@H]4CCCC[C@H]4c4cc(OC)c(OC)cc43)cc2)n1. The Labute approximate surface area is 182 Å². The van der Waals surface area contributed by atoms with Gasteiger partial charge < -0.3 is 9.47 Å². The number of benzene rings is 2. The number of hydrogen-bond donors (Lipinski definition) is 0. The molecule has 0 saturated heterocycles. The zero-order valence-electron chi connectivity index (χ0n) is 18.2. The molecule has 1 aromatic heterocycles. The molecular formula is C24H27N5O2. The number of aryl methyl sites for hydroxylation is 1. The summed E-state index contributed by atoms with van der Waals surface area (Å²) in [5.74, 6) is 2.60. The minimum atomic E-state index is 0.320. The minimum absolute atomic E-state index is 0.320. The molecule has 31 heavy (non-hydrogen) atoms. The van der Waals surface area contributed by atoms with Crippen LogP contribution in [-0.2, 0) is 6.54 Å². The predicted octanol–water partition coefficient (Wildman–Crippen LogP) is 4.25. The van der Waals surface area contributed by atoms with Crippen molar-refractivity contribution >= 4 is 5.71 Å². The quantitative estimate of drug-likeness (QED) is 0.620. The molecule has 0 unspecified atom stereocenters. The van der Waals surface area contributed by atoms with E-state index in [1.54, 1.807) is 19.0 Å². The van der Waals surface area contributed by atoms with E-state index in [4.69, 9.17) is 14.5 Å². The van der Waals surface area contributed by atoms with Crippen LogP contribution in [0.5, 0.6) is 11.5 Å². The van der Waals surface area contributed by atoms with Gasteiger partial charge in [0.1, 0.15) is 0 Å². The third-order valence-corrected chi connectivity index (χ3v) is 6.39. The zero-order chi connectivity index (χ0) is 21.4. The van der Waals surface area contributed by atoms with Gasteiger partial charge in [0.05, 0.1) is 32.5 Å². The van der Waals surface area contributed by atoms with Gasteiger partial charge in [-0.05, 0) is 42.7 Å². The van der Waals surface area contributed by atoms with Gasteiger partial charge in [0.25, 0.3) is 0 Å². The van der Waals surface area contributed by atoms with Crippen LogP contribution in [0.15, 0.2) is 41.4 Å². The fourth-order valence-corrected chi connectivity index (χ4v) is 4.77. The molecule has 0 N–H and O–H groups in total. The van der Waals surface area contributed by atoms with E-state index in [0.29, 0.717) is 24.3 Å². The second-order valence-corrected chi connectivity index (χ2v) is 8.11. The summed E-state index contributed by atoms with van der Waals surface area (Å²) >= 11 is 0. The molecule has 2 atom stereocenters. The maximum absolute atomic E-state index is 5.61. The summed E-state index contributed by atoms with van der Waals surface area (Å²) in [6.07, 6.45) is 4.78. The number of tetrazole rings is 1. The predicted molar refractivity (Wildman–Crippen MR) is 119 cm³/mol. The third kappa shape index (κ3) is 3.48. The molecule has 160 valence electrons. The summed E-state index contributed by atoms with van der Waals surface area (Å²) in [7, 11) is 3.38. The van der Waals surface area contributed by atoms with Crippen molar-refractivity contribution in [2.45, 2.75) is 51.1 Å². The first-order valence-corrected chi connectivity index (χ1v) is 10.9. The molecule has 2 aliphatic rings. The van der Waals surface area contributed by atoms with Crippen LogP contribution in [0.25, 0.3) is 11.4 Å². The van der Waals surface area contributed by atoms with Crippen LogP contribution in [0.3, 0.4) is 0 Å². The van der Waals surface area contributed by atoms with E-state index in [-0.39, 0.29) is 0 Å². The molecule has 1 fully saturated rings. The normalized spacial score (nSPS) is 19.9. The summed E-state index contributed by atoms with van der Waals surface area (Å²) in [6.45, 7) is 2.70. The Balaban J connectivity index is 1.57. The van der Waals surface area contributed by atoms with E-state index in [2.05, 4.69) is 39.7 Å². The van der Waals surface area contributed by atoms with Crippen LogP contribution < -0.4 is 9.47 Å². The molecule has 0 radical (unpaired) electrons. The largest absolute Gasteiger partial charge is 0.493 e. The molecule has 1 saturated carbocycles. The Bertz CT molecular complexity index is 1120. The molecule has 0 amide bonds. The van der Waals surface area contributed by atoms with Crippen molar-refractivity contribution in [1.82, 2.24) is 20.2 Å². The highest BCUT2D eigenvalue weighted by molar-refractivity contribution is 6.15. The van der Waals surface area contributed by atoms with Gasteiger partial charge in [-0.15, -0.1) is 10.2 Å².